The van der Waals surface area contributed by atoms with E-state index >= 15 is 0 Å². The van der Waals surface area contributed by atoms with Crippen LogP contribution in [0.5, 0.6) is 0 Å². The summed E-state index contributed by atoms with van der Waals surface area (Å²) < 4.78 is 26.9. The monoisotopic (exact) mass is 442 g/mol. The number of benzene rings is 1. The lowest BCUT2D eigenvalue weighted by molar-refractivity contribution is 0.0932. The summed E-state index contributed by atoms with van der Waals surface area (Å²) in [5, 5.41) is 5.22. The summed E-state index contributed by atoms with van der Waals surface area (Å²) in [6.45, 7) is 8.47. The Balaban J connectivity index is 2.34. The first-order valence-corrected chi connectivity index (χ1v) is 12.0. The van der Waals surface area contributed by atoms with Crippen LogP contribution in [-0.2, 0) is 10.0 Å². The van der Waals surface area contributed by atoms with Crippen molar-refractivity contribution in [2.45, 2.75) is 45.1 Å². The van der Waals surface area contributed by atoms with Crippen molar-refractivity contribution < 1.29 is 13.2 Å². The molecule has 2 aromatic rings. The van der Waals surface area contributed by atoms with Gasteiger partial charge in [0.05, 0.1) is 21.5 Å². The minimum Gasteiger partial charge on any atom is -0.344 e. The smallest absolute Gasteiger partial charge is 0.253 e. The molecule has 1 aromatic carbocycles. The van der Waals surface area contributed by atoms with Gasteiger partial charge in [-0.2, -0.15) is 4.31 Å². The van der Waals surface area contributed by atoms with Gasteiger partial charge < -0.3 is 5.32 Å². The second-order valence-corrected chi connectivity index (χ2v) is 10.2. The molecule has 0 spiro atoms. The summed E-state index contributed by atoms with van der Waals surface area (Å²) in [7, 11) is -3.67. The second kappa shape index (κ2) is 9.87. The summed E-state index contributed by atoms with van der Waals surface area (Å²) >= 11 is 7.82. The SMILES string of the molecule is CCN(CC)S(=O)(=O)c1ccc(Cl)c(C(=O)NC(CC(C)C)c2cccs2)c1. The minimum atomic E-state index is -3.67. The molecule has 1 atom stereocenters. The molecule has 0 saturated heterocycles. The van der Waals surface area contributed by atoms with Crippen molar-refractivity contribution in [2.24, 2.45) is 5.92 Å². The molecule has 1 unspecified atom stereocenters. The summed E-state index contributed by atoms with van der Waals surface area (Å²) in [5.74, 6) is 0.0119. The molecule has 2 rings (SSSR count). The molecule has 0 saturated carbocycles. The number of sulfonamides is 1. The van der Waals surface area contributed by atoms with Gasteiger partial charge in [0.15, 0.2) is 0 Å². The Morgan fingerprint density at radius 2 is 1.89 bits per heavy atom. The van der Waals surface area contributed by atoms with E-state index in [-0.39, 0.29) is 27.4 Å². The molecular weight excluding hydrogens is 416 g/mol. The van der Waals surface area contributed by atoms with E-state index in [4.69, 9.17) is 11.6 Å². The third-order valence-corrected chi connectivity index (χ3v) is 7.79. The molecule has 0 aliphatic heterocycles. The minimum absolute atomic E-state index is 0.0716. The van der Waals surface area contributed by atoms with Gasteiger partial charge in [-0.3, -0.25) is 4.79 Å². The van der Waals surface area contributed by atoms with Gasteiger partial charge in [-0.25, -0.2) is 8.42 Å². The second-order valence-electron chi connectivity index (χ2n) is 6.90. The Bertz CT molecular complexity index is 892. The van der Waals surface area contributed by atoms with Gasteiger partial charge >= 0.3 is 0 Å². The van der Waals surface area contributed by atoms with Crippen LogP contribution in [0.1, 0.15) is 55.4 Å². The van der Waals surface area contributed by atoms with E-state index in [0.717, 1.165) is 11.3 Å². The van der Waals surface area contributed by atoms with Crippen molar-refractivity contribution in [3.05, 3.63) is 51.2 Å². The van der Waals surface area contributed by atoms with Crippen LogP contribution in [-0.4, -0.2) is 31.7 Å². The fraction of sp³-hybridized carbons (Fsp3) is 0.450. The summed E-state index contributed by atoms with van der Waals surface area (Å²) in [4.78, 5) is 14.1. The van der Waals surface area contributed by atoms with Crippen LogP contribution < -0.4 is 5.32 Å². The third kappa shape index (κ3) is 5.35. The highest BCUT2D eigenvalue weighted by Gasteiger charge is 2.25. The fourth-order valence-electron chi connectivity index (χ4n) is 2.99. The third-order valence-electron chi connectivity index (χ3n) is 4.42. The molecule has 154 valence electrons. The first kappa shape index (κ1) is 22.9. The Kier molecular flexibility index (Phi) is 8.07. The predicted molar refractivity (Wildman–Crippen MR) is 116 cm³/mol. The summed E-state index contributed by atoms with van der Waals surface area (Å²) in [6.07, 6.45) is 0.779. The standard InChI is InChI=1S/C20H27ClN2O3S2/c1-5-23(6-2)28(25,26)15-9-10-17(21)16(13-15)20(24)22-18(12-14(3)4)19-8-7-11-27-19/h7-11,13-14,18H,5-6,12H2,1-4H3,(H,22,24). The molecule has 1 amide bonds. The molecule has 1 aromatic heterocycles. The number of hydrogen-bond acceptors (Lipinski definition) is 4. The number of rotatable bonds is 9. The van der Waals surface area contributed by atoms with Crippen molar-refractivity contribution in [3.8, 4) is 0 Å². The van der Waals surface area contributed by atoms with E-state index in [1.54, 1.807) is 25.2 Å². The van der Waals surface area contributed by atoms with Crippen molar-refractivity contribution in [1.82, 2.24) is 9.62 Å². The molecule has 0 aliphatic rings. The maximum absolute atomic E-state index is 12.9. The van der Waals surface area contributed by atoms with Crippen LogP contribution in [0.2, 0.25) is 5.02 Å². The van der Waals surface area contributed by atoms with Crippen LogP contribution in [0.25, 0.3) is 0 Å². The van der Waals surface area contributed by atoms with E-state index in [2.05, 4.69) is 19.2 Å². The molecule has 1 N–H and O–H groups in total. The van der Waals surface area contributed by atoms with E-state index in [1.807, 2.05) is 17.5 Å². The van der Waals surface area contributed by atoms with Gasteiger partial charge in [-0.05, 0) is 42.0 Å². The number of halogens is 1. The Morgan fingerprint density at radius 3 is 2.43 bits per heavy atom. The molecule has 5 nitrogen and oxygen atoms in total. The molecule has 1 heterocycles. The Hall–Kier alpha value is -1.41. The Morgan fingerprint density at radius 1 is 1.21 bits per heavy atom. The van der Waals surface area contributed by atoms with Crippen LogP contribution in [0, 0.1) is 5.92 Å². The number of carbonyl (C=O) groups is 1. The molecule has 0 aliphatic carbocycles. The summed E-state index contributed by atoms with van der Waals surface area (Å²) in [6, 6.07) is 8.07. The van der Waals surface area contributed by atoms with E-state index in [9.17, 15) is 13.2 Å². The van der Waals surface area contributed by atoms with Gasteiger partial charge in [-0.15, -0.1) is 11.3 Å². The molecular formula is C20H27ClN2O3S2. The molecule has 0 fully saturated rings. The van der Waals surface area contributed by atoms with Crippen LogP contribution >= 0.6 is 22.9 Å². The number of nitrogens with zero attached hydrogens (tertiary/aromatic N) is 1. The first-order valence-electron chi connectivity index (χ1n) is 9.34. The predicted octanol–water partition coefficient (Wildman–Crippen LogP) is 4.95. The van der Waals surface area contributed by atoms with Crippen molar-refractivity contribution >= 4 is 38.9 Å². The molecule has 8 heteroatoms. The molecule has 0 radical (unpaired) electrons. The summed E-state index contributed by atoms with van der Waals surface area (Å²) in [5.41, 5.74) is 0.167. The van der Waals surface area contributed by atoms with E-state index in [0.29, 0.717) is 19.0 Å². The number of hydrogen-bond donors (Lipinski definition) is 1. The van der Waals surface area contributed by atoms with Gasteiger partial charge in [-0.1, -0.05) is 45.4 Å². The van der Waals surface area contributed by atoms with E-state index < -0.39 is 10.0 Å². The average Bonchev–Trinajstić information content (AvgIpc) is 3.16. The first-order chi connectivity index (χ1) is 13.2. The molecule has 0 bridgehead atoms. The lowest BCUT2D eigenvalue weighted by Crippen LogP contribution is -2.32. The van der Waals surface area contributed by atoms with Crippen molar-refractivity contribution in [1.29, 1.82) is 0 Å². The zero-order valence-electron chi connectivity index (χ0n) is 16.6. The van der Waals surface area contributed by atoms with Gasteiger partial charge in [0.1, 0.15) is 0 Å². The van der Waals surface area contributed by atoms with Crippen LogP contribution in [0.4, 0.5) is 0 Å². The number of amides is 1. The number of thiophene rings is 1. The van der Waals surface area contributed by atoms with E-state index in [1.165, 1.54) is 22.5 Å². The topological polar surface area (TPSA) is 66.5 Å². The lowest BCUT2D eigenvalue weighted by Gasteiger charge is -2.21. The van der Waals surface area contributed by atoms with Gasteiger partial charge in [0.2, 0.25) is 10.0 Å². The van der Waals surface area contributed by atoms with Crippen LogP contribution in [0.15, 0.2) is 40.6 Å². The highest BCUT2D eigenvalue weighted by molar-refractivity contribution is 7.89. The number of carbonyl (C=O) groups excluding carboxylic acids is 1. The largest absolute Gasteiger partial charge is 0.344 e. The zero-order valence-corrected chi connectivity index (χ0v) is 19.0. The molecule has 28 heavy (non-hydrogen) atoms. The van der Waals surface area contributed by atoms with Gasteiger partial charge in [0, 0.05) is 18.0 Å². The quantitative estimate of drug-likeness (QED) is 0.597. The van der Waals surface area contributed by atoms with Crippen molar-refractivity contribution in [2.75, 3.05) is 13.1 Å². The lowest BCUT2D eigenvalue weighted by atomic mass is 10.0. The highest BCUT2D eigenvalue weighted by Crippen LogP contribution is 2.28. The van der Waals surface area contributed by atoms with Crippen LogP contribution in [0.3, 0.4) is 0 Å². The normalized spacial score (nSPS) is 13.1. The highest BCUT2D eigenvalue weighted by atomic mass is 35.5. The van der Waals surface area contributed by atoms with Crippen molar-refractivity contribution in [3.63, 3.8) is 0 Å². The Labute approximate surface area is 176 Å². The zero-order chi connectivity index (χ0) is 20.9. The number of nitrogens with one attached hydrogen (secondary N) is 1. The fourth-order valence-corrected chi connectivity index (χ4v) is 5.47. The maximum atomic E-state index is 12.9. The maximum Gasteiger partial charge on any atom is 0.253 e. The average molecular weight is 443 g/mol. The van der Waals surface area contributed by atoms with Gasteiger partial charge in [0.25, 0.3) is 5.91 Å².